The monoisotopic (exact) mass is 405 g/mol. The normalized spacial score (nSPS) is 20.4. The molecule has 1 fully saturated rings. The molecule has 3 rings (SSSR count). The fourth-order valence-corrected chi connectivity index (χ4v) is 3.51. The van der Waals surface area contributed by atoms with E-state index in [0.717, 1.165) is 5.56 Å². The van der Waals surface area contributed by atoms with Crippen LogP contribution in [0.5, 0.6) is 0 Å². The lowest BCUT2D eigenvalue weighted by Gasteiger charge is -2.49. The molecule has 0 amide bonds. The third kappa shape index (κ3) is 4.27. The molecule has 1 saturated carbocycles. The van der Waals surface area contributed by atoms with Crippen LogP contribution in [0.3, 0.4) is 0 Å². The highest BCUT2D eigenvalue weighted by molar-refractivity contribution is 6.35. The van der Waals surface area contributed by atoms with Crippen molar-refractivity contribution in [1.29, 1.82) is 5.26 Å². The van der Waals surface area contributed by atoms with Crippen LogP contribution in [0.4, 0.5) is 11.8 Å². The van der Waals surface area contributed by atoms with Crippen LogP contribution in [0.1, 0.15) is 31.4 Å². The van der Waals surface area contributed by atoms with Crippen LogP contribution in [0.2, 0.25) is 10.0 Å². The molecule has 2 aromatic rings. The van der Waals surface area contributed by atoms with Gasteiger partial charge in [0.25, 0.3) is 0 Å². The molecule has 0 saturated heterocycles. The highest BCUT2D eigenvalue weighted by Crippen LogP contribution is 2.42. The number of nitriles is 1. The lowest BCUT2D eigenvalue weighted by atomic mass is 9.64. The zero-order chi connectivity index (χ0) is 19.6. The number of anilines is 2. The zero-order valence-electron chi connectivity index (χ0n) is 15.1. The van der Waals surface area contributed by atoms with Crippen LogP contribution < -0.4 is 10.6 Å². The predicted molar refractivity (Wildman–Crippen MR) is 107 cm³/mol. The first-order chi connectivity index (χ1) is 12.8. The molecule has 27 heavy (non-hydrogen) atoms. The van der Waals surface area contributed by atoms with Gasteiger partial charge in [0.05, 0.1) is 12.3 Å². The molecule has 0 unspecified atom stereocenters. The van der Waals surface area contributed by atoms with Gasteiger partial charge in [-0.2, -0.15) is 10.2 Å². The first-order valence-corrected chi connectivity index (χ1v) is 9.46. The van der Waals surface area contributed by atoms with Gasteiger partial charge in [-0.15, -0.1) is 0 Å². The fraction of sp³-hybridized carbons (Fsp3) is 0.421. The van der Waals surface area contributed by atoms with E-state index in [-0.39, 0.29) is 17.6 Å². The summed E-state index contributed by atoms with van der Waals surface area (Å²) in [5.41, 5.74) is 1.08. The second-order valence-corrected chi connectivity index (χ2v) is 8.09. The minimum atomic E-state index is -0.357. The van der Waals surface area contributed by atoms with Crippen molar-refractivity contribution in [3.8, 4) is 6.07 Å². The van der Waals surface area contributed by atoms with Crippen LogP contribution in [-0.2, 0) is 6.42 Å². The number of halogens is 2. The second kappa shape index (κ2) is 7.89. The third-order valence-corrected chi connectivity index (χ3v) is 5.72. The van der Waals surface area contributed by atoms with Gasteiger partial charge in [-0.25, -0.2) is 4.98 Å². The summed E-state index contributed by atoms with van der Waals surface area (Å²) in [5.74, 6) is 0.906. The molecular formula is C19H21Cl2N5O. The van der Waals surface area contributed by atoms with Gasteiger partial charge in [0.2, 0.25) is 5.95 Å². The van der Waals surface area contributed by atoms with E-state index in [2.05, 4.69) is 26.7 Å². The molecule has 0 radical (unpaired) electrons. The van der Waals surface area contributed by atoms with E-state index in [1.54, 1.807) is 12.1 Å². The zero-order valence-corrected chi connectivity index (χ0v) is 16.6. The van der Waals surface area contributed by atoms with Gasteiger partial charge in [0, 0.05) is 28.0 Å². The maximum atomic E-state index is 9.90. The average molecular weight is 406 g/mol. The molecule has 1 heterocycles. The van der Waals surface area contributed by atoms with Crippen molar-refractivity contribution >= 4 is 35.0 Å². The lowest BCUT2D eigenvalue weighted by molar-refractivity contribution is -0.0511. The number of nitrogens with one attached hydrogen (secondary N) is 2. The van der Waals surface area contributed by atoms with Crippen molar-refractivity contribution < 1.29 is 5.11 Å². The Morgan fingerprint density at radius 2 is 2.15 bits per heavy atom. The molecule has 1 aromatic heterocycles. The molecule has 1 aliphatic carbocycles. The molecule has 142 valence electrons. The van der Waals surface area contributed by atoms with E-state index < -0.39 is 0 Å². The van der Waals surface area contributed by atoms with E-state index in [4.69, 9.17) is 23.2 Å². The van der Waals surface area contributed by atoms with Gasteiger partial charge in [0.15, 0.2) is 0 Å². The van der Waals surface area contributed by atoms with E-state index in [0.29, 0.717) is 46.8 Å². The number of aliphatic hydroxyl groups is 1. The average Bonchev–Trinajstić information content (AvgIpc) is 2.63. The molecule has 0 aliphatic heterocycles. The Labute approximate surface area is 168 Å². The van der Waals surface area contributed by atoms with Gasteiger partial charge in [0.1, 0.15) is 17.5 Å². The summed E-state index contributed by atoms with van der Waals surface area (Å²) in [6.45, 7) is 4.56. The maximum Gasteiger partial charge on any atom is 0.224 e. The molecule has 0 spiro atoms. The summed E-state index contributed by atoms with van der Waals surface area (Å²) in [6, 6.07) is 7.56. The molecule has 6 nitrogen and oxygen atoms in total. The predicted octanol–water partition coefficient (Wildman–Crippen LogP) is 3.88. The largest absolute Gasteiger partial charge is 0.392 e. The van der Waals surface area contributed by atoms with E-state index in [1.807, 2.05) is 19.9 Å². The van der Waals surface area contributed by atoms with Crippen molar-refractivity contribution in [1.82, 2.24) is 9.97 Å². The Morgan fingerprint density at radius 3 is 2.78 bits per heavy atom. The summed E-state index contributed by atoms with van der Waals surface area (Å²) in [6.07, 6.45) is 2.45. The van der Waals surface area contributed by atoms with Crippen molar-refractivity contribution in [3.05, 3.63) is 45.6 Å². The molecular weight excluding hydrogens is 385 g/mol. The van der Waals surface area contributed by atoms with Crippen LogP contribution in [0.15, 0.2) is 24.4 Å². The number of nitrogens with zero attached hydrogens (tertiary/aromatic N) is 3. The van der Waals surface area contributed by atoms with Crippen molar-refractivity contribution in [3.63, 3.8) is 0 Å². The lowest BCUT2D eigenvalue weighted by Crippen LogP contribution is -2.57. The smallest absolute Gasteiger partial charge is 0.224 e. The Morgan fingerprint density at radius 1 is 1.37 bits per heavy atom. The van der Waals surface area contributed by atoms with Gasteiger partial charge in [-0.05, 0) is 30.5 Å². The topological polar surface area (TPSA) is 93.9 Å². The third-order valence-electron chi connectivity index (χ3n) is 5.13. The first-order valence-electron chi connectivity index (χ1n) is 8.71. The number of benzene rings is 1. The Balaban J connectivity index is 1.65. The van der Waals surface area contributed by atoms with Crippen molar-refractivity contribution in [2.45, 2.75) is 38.8 Å². The maximum absolute atomic E-state index is 9.90. The second-order valence-electron chi connectivity index (χ2n) is 7.25. The van der Waals surface area contributed by atoms with Crippen LogP contribution in [-0.4, -0.2) is 33.8 Å². The van der Waals surface area contributed by atoms with Crippen molar-refractivity contribution in [2.75, 3.05) is 17.2 Å². The quantitative estimate of drug-likeness (QED) is 0.674. The van der Waals surface area contributed by atoms with Crippen LogP contribution >= 0.6 is 23.2 Å². The highest BCUT2D eigenvalue weighted by atomic mass is 35.5. The van der Waals surface area contributed by atoms with Crippen molar-refractivity contribution in [2.24, 2.45) is 5.41 Å². The number of hydrogen-bond donors (Lipinski definition) is 3. The van der Waals surface area contributed by atoms with Gasteiger partial charge >= 0.3 is 0 Å². The Bertz CT molecular complexity index is 881. The van der Waals surface area contributed by atoms with Gasteiger partial charge < -0.3 is 15.7 Å². The van der Waals surface area contributed by atoms with E-state index in [9.17, 15) is 10.4 Å². The fourth-order valence-electron chi connectivity index (χ4n) is 3.00. The van der Waals surface area contributed by atoms with Crippen LogP contribution in [0.25, 0.3) is 0 Å². The summed E-state index contributed by atoms with van der Waals surface area (Å²) in [7, 11) is 0. The number of rotatable bonds is 6. The minimum Gasteiger partial charge on any atom is -0.392 e. The number of hydrogen-bond acceptors (Lipinski definition) is 6. The summed E-state index contributed by atoms with van der Waals surface area (Å²) >= 11 is 12.1. The van der Waals surface area contributed by atoms with E-state index in [1.165, 1.54) is 6.20 Å². The van der Waals surface area contributed by atoms with Crippen LogP contribution in [0, 0.1) is 16.7 Å². The summed E-state index contributed by atoms with van der Waals surface area (Å²) < 4.78 is 0. The molecule has 2 atom stereocenters. The SMILES string of the molecule is CC1(C)[C@@H](O)C[C@H]1Nc1nc(NCCc2ccc(Cl)cc2Cl)ncc1C#N. The molecule has 0 bridgehead atoms. The first kappa shape index (κ1) is 19.7. The number of aliphatic hydroxyl groups excluding tert-OH is 1. The molecule has 1 aromatic carbocycles. The Hall–Kier alpha value is -2.07. The minimum absolute atomic E-state index is 0.0511. The standard InChI is InChI=1S/C19H21Cl2N5O/c1-19(2)15(8-16(19)27)25-17-12(9-22)10-24-18(26-17)23-6-5-11-3-4-13(20)7-14(11)21/h3-4,7,10,15-16,27H,5-6,8H2,1-2H3,(H2,23,24,25,26)/t15-,16+/m1/s1. The number of aromatic nitrogens is 2. The Kier molecular flexibility index (Phi) is 5.75. The van der Waals surface area contributed by atoms with E-state index >= 15 is 0 Å². The summed E-state index contributed by atoms with van der Waals surface area (Å²) in [4.78, 5) is 8.62. The summed E-state index contributed by atoms with van der Waals surface area (Å²) in [5, 5.41) is 26.9. The highest BCUT2D eigenvalue weighted by Gasteiger charge is 2.47. The molecule has 3 N–H and O–H groups in total. The van der Waals surface area contributed by atoms with Gasteiger partial charge in [-0.1, -0.05) is 43.1 Å². The van der Waals surface area contributed by atoms with Gasteiger partial charge in [-0.3, -0.25) is 0 Å². The molecule has 1 aliphatic rings. The molecule has 8 heteroatoms.